The number of benzene rings is 1. The Morgan fingerprint density at radius 3 is 2.62 bits per heavy atom. The van der Waals surface area contributed by atoms with Gasteiger partial charge in [-0.1, -0.05) is 38.2 Å². The minimum Gasteiger partial charge on any atom is -0.389 e. The molecule has 5 heteroatoms. The molecule has 116 valence electrons. The first-order valence-corrected chi connectivity index (χ1v) is 7.61. The van der Waals surface area contributed by atoms with E-state index in [9.17, 15) is 4.79 Å². The van der Waals surface area contributed by atoms with Crippen LogP contribution in [0.4, 0.5) is 5.69 Å². The molecule has 4 nitrogen and oxygen atoms in total. The molecule has 1 rings (SSSR count). The number of carbonyl (C=O) groups is 1. The van der Waals surface area contributed by atoms with E-state index in [2.05, 4.69) is 19.2 Å². The molecule has 1 aromatic carbocycles. The number of anilines is 1. The van der Waals surface area contributed by atoms with Gasteiger partial charge in [0.15, 0.2) is 0 Å². The number of rotatable bonds is 8. The number of thiocarbonyl (C=S) groups is 1. The van der Waals surface area contributed by atoms with Crippen molar-refractivity contribution in [1.29, 1.82) is 0 Å². The van der Waals surface area contributed by atoms with E-state index in [0.29, 0.717) is 30.2 Å². The van der Waals surface area contributed by atoms with Crippen molar-refractivity contribution in [2.24, 2.45) is 11.7 Å². The van der Waals surface area contributed by atoms with Crippen molar-refractivity contribution in [2.45, 2.75) is 39.7 Å². The van der Waals surface area contributed by atoms with E-state index in [4.69, 9.17) is 22.7 Å². The summed E-state index contributed by atoms with van der Waals surface area (Å²) < 4.78 is 5.63. The molecule has 3 N–H and O–H groups in total. The van der Waals surface area contributed by atoms with Crippen LogP contribution in [0.25, 0.3) is 0 Å². The van der Waals surface area contributed by atoms with Crippen LogP contribution in [0.5, 0.6) is 0 Å². The first-order chi connectivity index (χ1) is 9.90. The van der Waals surface area contributed by atoms with E-state index >= 15 is 0 Å². The lowest BCUT2D eigenvalue weighted by atomic mass is 10.1. The summed E-state index contributed by atoms with van der Waals surface area (Å²) in [6.45, 7) is 6.74. The summed E-state index contributed by atoms with van der Waals surface area (Å²) in [7, 11) is 0. The summed E-state index contributed by atoms with van der Waals surface area (Å²) in [5, 5.41) is 2.82. The van der Waals surface area contributed by atoms with Gasteiger partial charge in [-0.15, -0.1) is 0 Å². The van der Waals surface area contributed by atoms with Gasteiger partial charge < -0.3 is 15.8 Å². The van der Waals surface area contributed by atoms with Crippen molar-refractivity contribution in [3.8, 4) is 0 Å². The van der Waals surface area contributed by atoms with Gasteiger partial charge in [-0.2, -0.15) is 0 Å². The van der Waals surface area contributed by atoms with Crippen LogP contribution >= 0.6 is 12.2 Å². The number of hydrogen-bond donors (Lipinski definition) is 2. The van der Waals surface area contributed by atoms with Crippen molar-refractivity contribution in [3.05, 3.63) is 29.8 Å². The average molecular weight is 308 g/mol. The van der Waals surface area contributed by atoms with Crippen LogP contribution in [0.1, 0.15) is 39.2 Å². The first kappa shape index (κ1) is 17.6. The summed E-state index contributed by atoms with van der Waals surface area (Å²) in [4.78, 5) is 12.2. The Labute approximate surface area is 132 Å². The maximum atomic E-state index is 11.9. The highest BCUT2D eigenvalue weighted by Gasteiger charge is 2.10. The summed E-state index contributed by atoms with van der Waals surface area (Å²) in [5.74, 6) is 0.488. The van der Waals surface area contributed by atoms with Crippen LogP contribution in [0.15, 0.2) is 24.3 Å². The Balaban J connectivity index is 2.43. The summed E-state index contributed by atoms with van der Waals surface area (Å²) >= 11 is 4.97. The average Bonchev–Trinajstić information content (AvgIpc) is 2.38. The van der Waals surface area contributed by atoms with E-state index in [1.54, 1.807) is 12.1 Å². The van der Waals surface area contributed by atoms with E-state index < -0.39 is 0 Å². The van der Waals surface area contributed by atoms with Crippen LogP contribution < -0.4 is 11.1 Å². The van der Waals surface area contributed by atoms with Crippen molar-refractivity contribution in [2.75, 3.05) is 11.9 Å². The minimum absolute atomic E-state index is 0.101. The third-order valence-electron chi connectivity index (χ3n) is 3.00. The smallest absolute Gasteiger partial charge is 0.226 e. The molecule has 21 heavy (non-hydrogen) atoms. The molecule has 1 atom stereocenters. The number of carbonyl (C=O) groups excluding carboxylic acids is 1. The Hall–Kier alpha value is -1.46. The molecule has 0 spiro atoms. The minimum atomic E-state index is -0.101. The number of para-hydroxylation sites is 1. The van der Waals surface area contributed by atoms with Crippen molar-refractivity contribution >= 4 is 28.8 Å². The van der Waals surface area contributed by atoms with E-state index in [1.165, 1.54) is 0 Å². The zero-order valence-corrected chi connectivity index (χ0v) is 13.7. The van der Waals surface area contributed by atoms with E-state index in [0.717, 1.165) is 6.42 Å². The molecular formula is C16H24N2O2S. The van der Waals surface area contributed by atoms with Gasteiger partial charge in [0.1, 0.15) is 4.99 Å². The zero-order chi connectivity index (χ0) is 15.8. The van der Waals surface area contributed by atoms with Gasteiger partial charge in [0.2, 0.25) is 5.91 Å². The lowest BCUT2D eigenvalue weighted by Gasteiger charge is -2.15. The first-order valence-electron chi connectivity index (χ1n) is 7.20. The van der Waals surface area contributed by atoms with Crippen LogP contribution in [-0.2, 0) is 9.53 Å². The fraction of sp³-hybridized carbons (Fsp3) is 0.500. The predicted molar refractivity (Wildman–Crippen MR) is 90.4 cm³/mol. The molecule has 1 amide bonds. The van der Waals surface area contributed by atoms with Gasteiger partial charge in [0.05, 0.1) is 24.8 Å². The molecule has 0 saturated carbocycles. The Bertz CT molecular complexity index is 489. The van der Waals surface area contributed by atoms with Crippen molar-refractivity contribution in [3.63, 3.8) is 0 Å². The largest absolute Gasteiger partial charge is 0.389 e. The van der Waals surface area contributed by atoms with E-state index in [1.807, 2.05) is 19.1 Å². The Morgan fingerprint density at radius 1 is 1.33 bits per heavy atom. The molecule has 0 heterocycles. The quantitative estimate of drug-likeness (QED) is 0.724. The third kappa shape index (κ3) is 6.69. The maximum absolute atomic E-state index is 11.9. The molecule has 0 aliphatic carbocycles. The standard InChI is InChI=1S/C16H24N2O2S/c1-11(2)10-12(3)20-9-8-15(19)18-14-7-5-4-6-13(14)16(17)21/h4-7,11-12H,8-10H2,1-3H3,(H2,17,21)(H,18,19). The molecule has 0 aromatic heterocycles. The van der Waals surface area contributed by atoms with Crippen LogP contribution in [-0.4, -0.2) is 23.6 Å². The van der Waals surface area contributed by atoms with Gasteiger partial charge in [0.25, 0.3) is 0 Å². The summed E-state index contributed by atoms with van der Waals surface area (Å²) in [6.07, 6.45) is 1.47. The highest BCUT2D eigenvalue weighted by atomic mass is 32.1. The highest BCUT2D eigenvalue weighted by molar-refractivity contribution is 7.80. The molecule has 0 saturated heterocycles. The lowest BCUT2D eigenvalue weighted by molar-refractivity contribution is -0.117. The normalized spacial score (nSPS) is 12.2. The molecule has 0 aliphatic rings. The molecular weight excluding hydrogens is 284 g/mol. The van der Waals surface area contributed by atoms with Crippen LogP contribution in [0.3, 0.4) is 0 Å². The van der Waals surface area contributed by atoms with Crippen LogP contribution in [0.2, 0.25) is 0 Å². The zero-order valence-electron chi connectivity index (χ0n) is 12.9. The van der Waals surface area contributed by atoms with Gasteiger partial charge in [-0.3, -0.25) is 4.79 Å². The fourth-order valence-electron chi connectivity index (χ4n) is 2.10. The Morgan fingerprint density at radius 2 is 2.00 bits per heavy atom. The maximum Gasteiger partial charge on any atom is 0.226 e. The van der Waals surface area contributed by atoms with Gasteiger partial charge in [-0.05, 0) is 31.4 Å². The second-order valence-corrected chi connectivity index (χ2v) is 5.96. The van der Waals surface area contributed by atoms with Crippen LogP contribution in [0, 0.1) is 5.92 Å². The molecule has 0 aliphatic heterocycles. The summed E-state index contributed by atoms with van der Waals surface area (Å²) in [5.41, 5.74) is 6.95. The SMILES string of the molecule is CC(C)CC(C)OCCC(=O)Nc1ccccc1C(N)=S. The molecule has 0 bridgehead atoms. The van der Waals surface area contributed by atoms with Gasteiger partial charge >= 0.3 is 0 Å². The second-order valence-electron chi connectivity index (χ2n) is 5.52. The van der Waals surface area contributed by atoms with Gasteiger partial charge in [0, 0.05) is 5.56 Å². The number of ether oxygens (including phenoxy) is 1. The number of amides is 1. The van der Waals surface area contributed by atoms with Gasteiger partial charge in [-0.25, -0.2) is 0 Å². The van der Waals surface area contributed by atoms with E-state index in [-0.39, 0.29) is 17.0 Å². The molecule has 0 radical (unpaired) electrons. The molecule has 1 unspecified atom stereocenters. The lowest BCUT2D eigenvalue weighted by Crippen LogP contribution is -2.20. The topological polar surface area (TPSA) is 64.3 Å². The molecule has 1 aromatic rings. The third-order valence-corrected chi connectivity index (χ3v) is 3.22. The highest BCUT2D eigenvalue weighted by Crippen LogP contribution is 2.15. The van der Waals surface area contributed by atoms with Crippen molar-refractivity contribution in [1.82, 2.24) is 0 Å². The molecule has 0 fully saturated rings. The summed E-state index contributed by atoms with van der Waals surface area (Å²) in [6, 6.07) is 7.24. The Kier molecular flexibility index (Phi) is 7.32. The number of nitrogens with two attached hydrogens (primary N) is 1. The number of nitrogens with one attached hydrogen (secondary N) is 1. The predicted octanol–water partition coefficient (Wildman–Crippen LogP) is 3.10. The number of hydrogen-bond acceptors (Lipinski definition) is 3. The van der Waals surface area contributed by atoms with Crippen molar-refractivity contribution < 1.29 is 9.53 Å². The fourth-order valence-corrected chi connectivity index (χ4v) is 2.28. The monoisotopic (exact) mass is 308 g/mol. The second kappa shape index (κ2) is 8.74.